The number of anilines is 1. The number of oxime groups is 1. The Bertz CT molecular complexity index is 629. The third-order valence-corrected chi connectivity index (χ3v) is 3.53. The molecule has 0 saturated carbocycles. The highest BCUT2D eigenvalue weighted by Gasteiger charge is 2.06. The van der Waals surface area contributed by atoms with E-state index in [1.54, 1.807) is 24.4 Å². The second-order valence-corrected chi connectivity index (χ2v) is 5.31. The molecule has 21 heavy (non-hydrogen) atoms. The van der Waals surface area contributed by atoms with Crippen LogP contribution in [0.25, 0.3) is 0 Å². The van der Waals surface area contributed by atoms with Crippen molar-refractivity contribution in [3.05, 3.63) is 45.6 Å². The first-order chi connectivity index (χ1) is 10.2. The average Bonchev–Trinajstić information content (AvgIpc) is 2.97. The van der Waals surface area contributed by atoms with Crippen LogP contribution < -0.4 is 10.1 Å². The molecule has 2 rings (SSSR count). The molecule has 0 aliphatic heterocycles. The van der Waals surface area contributed by atoms with Crippen LogP contribution in [0.1, 0.15) is 4.88 Å². The minimum Gasteiger partial charge on any atom is -0.495 e. The highest BCUT2D eigenvalue weighted by Crippen LogP contribution is 2.27. The summed E-state index contributed by atoms with van der Waals surface area (Å²) in [5.41, 5.74) is 0.566. The number of hydrogen-bond acceptors (Lipinski definition) is 5. The summed E-state index contributed by atoms with van der Waals surface area (Å²) in [5, 5.41) is 8.73. The maximum Gasteiger partial charge on any atom is 0.265 e. The SMILES string of the molecule is COc1ccc(NC(=O)CO/N=C/c2cccs2)cc1Cl. The fraction of sp³-hybridized carbons (Fsp3) is 0.143. The number of nitrogens with one attached hydrogen (secondary N) is 1. The first-order valence-corrected chi connectivity index (χ1v) is 7.27. The lowest BCUT2D eigenvalue weighted by molar-refractivity contribution is -0.120. The smallest absolute Gasteiger partial charge is 0.265 e. The van der Waals surface area contributed by atoms with Crippen LogP contribution in [0, 0.1) is 0 Å². The lowest BCUT2D eigenvalue weighted by atomic mass is 10.3. The van der Waals surface area contributed by atoms with Gasteiger partial charge in [0.05, 0.1) is 18.3 Å². The standard InChI is InChI=1S/C14H13ClN2O3S/c1-19-13-5-4-10(7-12(13)15)17-14(18)9-20-16-8-11-3-2-6-21-11/h2-8H,9H2,1H3,(H,17,18)/b16-8+. The topological polar surface area (TPSA) is 59.9 Å². The zero-order valence-electron chi connectivity index (χ0n) is 11.2. The van der Waals surface area contributed by atoms with E-state index >= 15 is 0 Å². The summed E-state index contributed by atoms with van der Waals surface area (Å²) in [7, 11) is 1.53. The number of benzene rings is 1. The lowest BCUT2D eigenvalue weighted by Crippen LogP contribution is -2.16. The zero-order valence-corrected chi connectivity index (χ0v) is 12.8. The van der Waals surface area contributed by atoms with Crippen LogP contribution in [0.3, 0.4) is 0 Å². The van der Waals surface area contributed by atoms with Crippen LogP contribution >= 0.6 is 22.9 Å². The number of rotatable bonds is 6. The summed E-state index contributed by atoms with van der Waals surface area (Å²) in [4.78, 5) is 17.5. The molecule has 2 aromatic rings. The summed E-state index contributed by atoms with van der Waals surface area (Å²) in [6, 6.07) is 8.78. The summed E-state index contributed by atoms with van der Waals surface area (Å²) in [6.45, 7) is -0.175. The van der Waals surface area contributed by atoms with Gasteiger partial charge in [0, 0.05) is 10.6 Å². The van der Waals surface area contributed by atoms with Gasteiger partial charge in [0.2, 0.25) is 0 Å². The molecule has 1 amide bonds. The van der Waals surface area contributed by atoms with Crippen molar-refractivity contribution in [2.45, 2.75) is 0 Å². The molecule has 1 heterocycles. The van der Waals surface area contributed by atoms with Gasteiger partial charge in [0.15, 0.2) is 6.61 Å². The summed E-state index contributed by atoms with van der Waals surface area (Å²) in [5.74, 6) is 0.228. The Morgan fingerprint density at radius 3 is 3.00 bits per heavy atom. The van der Waals surface area contributed by atoms with Crippen molar-refractivity contribution in [3.8, 4) is 5.75 Å². The van der Waals surface area contributed by atoms with Gasteiger partial charge in [-0.2, -0.15) is 0 Å². The number of ether oxygens (including phenoxy) is 1. The molecule has 1 N–H and O–H groups in total. The molecule has 0 spiro atoms. The molecule has 0 atom stereocenters. The highest BCUT2D eigenvalue weighted by atomic mass is 35.5. The van der Waals surface area contributed by atoms with Gasteiger partial charge in [-0.15, -0.1) is 11.3 Å². The molecular weight excluding hydrogens is 312 g/mol. The van der Waals surface area contributed by atoms with Crippen LogP contribution in [0.4, 0.5) is 5.69 Å². The van der Waals surface area contributed by atoms with Crippen molar-refractivity contribution in [2.75, 3.05) is 19.0 Å². The minimum absolute atomic E-state index is 0.175. The van der Waals surface area contributed by atoms with Crippen molar-refractivity contribution in [1.82, 2.24) is 0 Å². The van der Waals surface area contributed by atoms with Crippen LogP contribution in [-0.4, -0.2) is 25.8 Å². The number of halogens is 1. The number of thiophene rings is 1. The van der Waals surface area contributed by atoms with E-state index in [1.807, 2.05) is 17.5 Å². The van der Waals surface area contributed by atoms with E-state index in [2.05, 4.69) is 10.5 Å². The van der Waals surface area contributed by atoms with Crippen LogP contribution in [0.15, 0.2) is 40.9 Å². The Hall–Kier alpha value is -2.05. The van der Waals surface area contributed by atoms with E-state index in [1.165, 1.54) is 18.4 Å². The normalized spacial score (nSPS) is 10.6. The molecule has 0 fully saturated rings. The van der Waals surface area contributed by atoms with Gasteiger partial charge in [0.25, 0.3) is 5.91 Å². The largest absolute Gasteiger partial charge is 0.495 e. The van der Waals surface area contributed by atoms with Crippen molar-refractivity contribution in [2.24, 2.45) is 5.16 Å². The van der Waals surface area contributed by atoms with Crippen LogP contribution in [-0.2, 0) is 9.63 Å². The van der Waals surface area contributed by atoms with Crippen molar-refractivity contribution >= 4 is 40.7 Å². The lowest BCUT2D eigenvalue weighted by Gasteiger charge is -2.07. The molecule has 1 aromatic heterocycles. The van der Waals surface area contributed by atoms with E-state index < -0.39 is 0 Å². The number of methoxy groups -OCH3 is 1. The fourth-order valence-electron chi connectivity index (χ4n) is 1.49. The molecule has 0 saturated heterocycles. The van der Waals surface area contributed by atoms with Crippen molar-refractivity contribution in [1.29, 1.82) is 0 Å². The second kappa shape index (κ2) is 7.66. The molecule has 0 bridgehead atoms. The van der Waals surface area contributed by atoms with E-state index in [0.717, 1.165) is 4.88 Å². The van der Waals surface area contributed by atoms with Crippen molar-refractivity contribution in [3.63, 3.8) is 0 Å². The molecular formula is C14H13ClN2O3S. The van der Waals surface area contributed by atoms with Crippen LogP contribution in [0.2, 0.25) is 5.02 Å². The number of carbonyl (C=O) groups is 1. The molecule has 0 aliphatic rings. The number of hydrogen-bond donors (Lipinski definition) is 1. The maximum absolute atomic E-state index is 11.7. The molecule has 5 nitrogen and oxygen atoms in total. The van der Waals surface area contributed by atoms with Gasteiger partial charge in [-0.3, -0.25) is 4.79 Å². The third kappa shape index (κ3) is 4.77. The Morgan fingerprint density at radius 2 is 2.33 bits per heavy atom. The predicted octanol–water partition coefficient (Wildman–Crippen LogP) is 3.40. The predicted molar refractivity (Wildman–Crippen MR) is 84.5 cm³/mol. The second-order valence-electron chi connectivity index (χ2n) is 3.92. The number of carbonyl (C=O) groups excluding carboxylic acids is 1. The highest BCUT2D eigenvalue weighted by molar-refractivity contribution is 7.11. The summed E-state index contributed by atoms with van der Waals surface area (Å²) >= 11 is 7.50. The fourth-order valence-corrected chi connectivity index (χ4v) is 2.32. The number of amides is 1. The Balaban J connectivity index is 1.80. The monoisotopic (exact) mass is 324 g/mol. The van der Waals surface area contributed by atoms with Gasteiger partial charge in [0.1, 0.15) is 5.75 Å². The van der Waals surface area contributed by atoms with Gasteiger partial charge in [-0.1, -0.05) is 22.8 Å². The Kier molecular flexibility index (Phi) is 5.59. The van der Waals surface area contributed by atoms with Gasteiger partial charge in [-0.25, -0.2) is 0 Å². The van der Waals surface area contributed by atoms with Gasteiger partial charge >= 0.3 is 0 Å². The van der Waals surface area contributed by atoms with E-state index in [9.17, 15) is 4.79 Å². The van der Waals surface area contributed by atoms with Crippen molar-refractivity contribution < 1.29 is 14.4 Å². The average molecular weight is 325 g/mol. The van der Waals surface area contributed by atoms with Gasteiger partial charge in [-0.05, 0) is 29.6 Å². The van der Waals surface area contributed by atoms with Crippen LogP contribution in [0.5, 0.6) is 5.75 Å². The first kappa shape index (κ1) is 15.3. The minimum atomic E-state index is -0.320. The molecule has 0 aliphatic carbocycles. The molecule has 1 aromatic carbocycles. The molecule has 7 heteroatoms. The molecule has 0 unspecified atom stereocenters. The van der Waals surface area contributed by atoms with E-state index in [-0.39, 0.29) is 12.5 Å². The zero-order chi connectivity index (χ0) is 15.1. The summed E-state index contributed by atoms with van der Waals surface area (Å²) in [6.07, 6.45) is 1.56. The molecule has 110 valence electrons. The molecule has 0 radical (unpaired) electrons. The number of nitrogens with zero attached hydrogens (tertiary/aromatic N) is 1. The Labute approximate surface area is 131 Å². The summed E-state index contributed by atoms with van der Waals surface area (Å²) < 4.78 is 5.03. The van der Waals surface area contributed by atoms with E-state index in [4.69, 9.17) is 21.2 Å². The quantitative estimate of drug-likeness (QED) is 0.654. The Morgan fingerprint density at radius 1 is 1.48 bits per heavy atom. The van der Waals surface area contributed by atoms with E-state index in [0.29, 0.717) is 16.5 Å². The first-order valence-electron chi connectivity index (χ1n) is 6.01. The third-order valence-electron chi connectivity index (χ3n) is 2.43. The van der Waals surface area contributed by atoms with Gasteiger partial charge < -0.3 is 14.9 Å². The maximum atomic E-state index is 11.7.